The van der Waals surface area contributed by atoms with Gasteiger partial charge < -0.3 is 23.7 Å². The molecule has 3 atom stereocenters. The molecule has 0 N–H and O–H groups in total. The Morgan fingerprint density at radius 2 is 1.73 bits per heavy atom. The second kappa shape index (κ2) is 8.09. The summed E-state index contributed by atoms with van der Waals surface area (Å²) in [6.07, 6.45) is -0.701. The summed E-state index contributed by atoms with van der Waals surface area (Å²) < 4.78 is 26.2. The van der Waals surface area contributed by atoms with E-state index in [2.05, 4.69) is 0 Å². The Kier molecular flexibility index (Phi) is 6.76. The molecule has 126 valence electrons. The summed E-state index contributed by atoms with van der Waals surface area (Å²) >= 11 is 0. The van der Waals surface area contributed by atoms with Crippen molar-refractivity contribution < 1.29 is 38.1 Å². The molecule has 0 amide bonds. The van der Waals surface area contributed by atoms with Gasteiger partial charge in [0.25, 0.3) is 0 Å². The summed E-state index contributed by atoms with van der Waals surface area (Å²) in [7, 11) is 1.45. The molecule has 1 fully saturated rings. The quantitative estimate of drug-likeness (QED) is 0.496. The van der Waals surface area contributed by atoms with Gasteiger partial charge in [0.1, 0.15) is 18.8 Å². The monoisotopic (exact) mass is 318 g/mol. The average Bonchev–Trinajstić information content (AvgIpc) is 2.74. The Bertz CT molecular complexity index is 421. The highest BCUT2D eigenvalue weighted by molar-refractivity contribution is 5.67. The van der Waals surface area contributed by atoms with Crippen molar-refractivity contribution in [2.24, 2.45) is 0 Å². The van der Waals surface area contributed by atoms with Crippen molar-refractivity contribution in [1.29, 1.82) is 0 Å². The van der Waals surface area contributed by atoms with Crippen LogP contribution in [0.2, 0.25) is 0 Å². The fourth-order valence-corrected chi connectivity index (χ4v) is 2.25. The first-order valence-corrected chi connectivity index (χ1v) is 6.95. The zero-order valence-electron chi connectivity index (χ0n) is 13.2. The molecule has 1 aliphatic heterocycles. The number of methoxy groups -OCH3 is 1. The predicted molar refractivity (Wildman–Crippen MR) is 72.7 cm³/mol. The first-order chi connectivity index (χ1) is 10.3. The van der Waals surface area contributed by atoms with Gasteiger partial charge in [-0.25, -0.2) is 0 Å². The number of carbonyl (C=O) groups is 3. The van der Waals surface area contributed by atoms with Gasteiger partial charge in [0.05, 0.1) is 6.61 Å². The van der Waals surface area contributed by atoms with Crippen LogP contribution in [0.25, 0.3) is 0 Å². The van der Waals surface area contributed by atoms with E-state index in [0.29, 0.717) is 0 Å². The summed E-state index contributed by atoms with van der Waals surface area (Å²) in [6.45, 7) is 3.93. The Morgan fingerprint density at radius 3 is 2.23 bits per heavy atom. The number of esters is 3. The molecule has 0 aromatic rings. The topological polar surface area (TPSA) is 97.4 Å². The zero-order chi connectivity index (χ0) is 16.8. The van der Waals surface area contributed by atoms with Gasteiger partial charge in [-0.1, -0.05) is 0 Å². The van der Waals surface area contributed by atoms with Crippen molar-refractivity contribution in [1.82, 2.24) is 0 Å². The highest BCUT2D eigenvalue weighted by atomic mass is 16.7. The highest BCUT2D eigenvalue weighted by Crippen LogP contribution is 2.36. The van der Waals surface area contributed by atoms with Crippen LogP contribution in [0.4, 0.5) is 0 Å². The fraction of sp³-hybridized carbons (Fsp3) is 0.786. The lowest BCUT2D eigenvalue weighted by atomic mass is 10.1. The van der Waals surface area contributed by atoms with E-state index in [1.165, 1.54) is 27.9 Å². The van der Waals surface area contributed by atoms with E-state index in [0.717, 1.165) is 0 Å². The maximum atomic E-state index is 11.2. The molecule has 1 aliphatic rings. The van der Waals surface area contributed by atoms with E-state index in [9.17, 15) is 14.4 Å². The Balaban J connectivity index is 2.72. The van der Waals surface area contributed by atoms with Gasteiger partial charge in [-0.15, -0.1) is 0 Å². The van der Waals surface area contributed by atoms with Crippen LogP contribution in [0.3, 0.4) is 0 Å². The van der Waals surface area contributed by atoms with E-state index < -0.39 is 35.9 Å². The second-order valence-corrected chi connectivity index (χ2v) is 5.02. The molecule has 22 heavy (non-hydrogen) atoms. The minimum Gasteiger partial charge on any atom is -0.466 e. The number of ether oxygens (including phenoxy) is 5. The summed E-state index contributed by atoms with van der Waals surface area (Å²) in [4.78, 5) is 33.0. The van der Waals surface area contributed by atoms with E-state index in [4.69, 9.17) is 23.7 Å². The van der Waals surface area contributed by atoms with Crippen LogP contribution in [0.1, 0.15) is 33.6 Å². The minimum absolute atomic E-state index is 0.0496. The van der Waals surface area contributed by atoms with E-state index in [-0.39, 0.29) is 26.1 Å². The van der Waals surface area contributed by atoms with E-state index in [1.54, 1.807) is 0 Å². The molecule has 0 radical (unpaired) electrons. The molecular weight excluding hydrogens is 296 g/mol. The molecule has 0 saturated carbocycles. The second-order valence-electron chi connectivity index (χ2n) is 5.02. The predicted octanol–water partition coefficient (Wildman–Crippen LogP) is 0.566. The van der Waals surface area contributed by atoms with Gasteiger partial charge in [0.15, 0.2) is 5.79 Å². The molecule has 8 nitrogen and oxygen atoms in total. The lowest BCUT2D eigenvalue weighted by Gasteiger charge is -2.27. The van der Waals surface area contributed by atoms with Gasteiger partial charge >= 0.3 is 17.9 Å². The first-order valence-electron chi connectivity index (χ1n) is 6.95. The standard InChI is InChI=1S/C14H22O8/c1-9(15)19-6-5-14(18-4)7-12(21-11(3)17)13(22-14)8-20-10(2)16/h12-13H,5-8H2,1-4H3/t12-,13+,14+/m0/s1. The number of hydrogen-bond acceptors (Lipinski definition) is 8. The van der Waals surface area contributed by atoms with Crippen LogP contribution in [0.15, 0.2) is 0 Å². The SMILES string of the molecule is CO[C@@]1(CCOC(C)=O)C[C@H](OC(C)=O)[C@@H](COC(C)=O)O1. The Morgan fingerprint density at radius 1 is 1.09 bits per heavy atom. The van der Waals surface area contributed by atoms with Gasteiger partial charge in [0, 0.05) is 40.7 Å². The van der Waals surface area contributed by atoms with Crippen molar-refractivity contribution in [3.63, 3.8) is 0 Å². The largest absolute Gasteiger partial charge is 0.466 e. The van der Waals surface area contributed by atoms with Gasteiger partial charge in [-0.05, 0) is 0 Å². The van der Waals surface area contributed by atoms with E-state index in [1.807, 2.05) is 0 Å². The Hall–Kier alpha value is -1.67. The molecule has 0 unspecified atom stereocenters. The number of hydrogen-bond donors (Lipinski definition) is 0. The lowest BCUT2D eigenvalue weighted by Crippen LogP contribution is -2.34. The van der Waals surface area contributed by atoms with E-state index >= 15 is 0 Å². The molecule has 1 rings (SSSR count). The highest BCUT2D eigenvalue weighted by Gasteiger charge is 2.49. The molecule has 1 saturated heterocycles. The average molecular weight is 318 g/mol. The molecule has 0 aliphatic carbocycles. The van der Waals surface area contributed by atoms with Crippen LogP contribution in [-0.4, -0.2) is 56.2 Å². The van der Waals surface area contributed by atoms with Crippen molar-refractivity contribution in [3.05, 3.63) is 0 Å². The zero-order valence-corrected chi connectivity index (χ0v) is 13.2. The van der Waals surface area contributed by atoms with Crippen LogP contribution < -0.4 is 0 Å². The normalized spacial score (nSPS) is 27.3. The molecule has 0 bridgehead atoms. The summed E-state index contributed by atoms with van der Waals surface area (Å²) in [5.74, 6) is -2.38. The molecule has 0 spiro atoms. The maximum Gasteiger partial charge on any atom is 0.303 e. The fourth-order valence-electron chi connectivity index (χ4n) is 2.25. The third-order valence-electron chi connectivity index (χ3n) is 3.22. The smallest absolute Gasteiger partial charge is 0.303 e. The van der Waals surface area contributed by atoms with Crippen molar-refractivity contribution >= 4 is 17.9 Å². The Labute approximate surface area is 129 Å². The van der Waals surface area contributed by atoms with Crippen LogP contribution in [0, 0.1) is 0 Å². The lowest BCUT2D eigenvalue weighted by molar-refractivity contribution is -0.227. The third-order valence-corrected chi connectivity index (χ3v) is 3.22. The van der Waals surface area contributed by atoms with Gasteiger partial charge in [-0.2, -0.15) is 0 Å². The van der Waals surface area contributed by atoms with Crippen LogP contribution >= 0.6 is 0 Å². The van der Waals surface area contributed by atoms with Crippen molar-refractivity contribution in [2.75, 3.05) is 20.3 Å². The van der Waals surface area contributed by atoms with Gasteiger partial charge in [0.2, 0.25) is 0 Å². The number of rotatable bonds is 7. The molecular formula is C14H22O8. The molecule has 8 heteroatoms. The molecule has 1 heterocycles. The van der Waals surface area contributed by atoms with Crippen molar-refractivity contribution in [2.45, 2.75) is 51.6 Å². The molecule has 0 aromatic heterocycles. The molecule has 0 aromatic carbocycles. The minimum atomic E-state index is -1.06. The van der Waals surface area contributed by atoms with Crippen LogP contribution in [0.5, 0.6) is 0 Å². The van der Waals surface area contributed by atoms with Crippen molar-refractivity contribution in [3.8, 4) is 0 Å². The number of carbonyl (C=O) groups excluding carboxylic acids is 3. The maximum absolute atomic E-state index is 11.2. The van der Waals surface area contributed by atoms with Gasteiger partial charge in [-0.3, -0.25) is 14.4 Å². The summed E-state index contributed by atoms with van der Waals surface area (Å²) in [6, 6.07) is 0. The summed E-state index contributed by atoms with van der Waals surface area (Å²) in [5, 5.41) is 0. The summed E-state index contributed by atoms with van der Waals surface area (Å²) in [5.41, 5.74) is 0. The third kappa shape index (κ3) is 5.61. The van der Waals surface area contributed by atoms with Crippen LogP contribution in [-0.2, 0) is 38.1 Å². The first kappa shape index (κ1) is 18.4.